The number of aryl methyl sites for hydroxylation is 1. The Labute approximate surface area is 109 Å². The zero-order valence-corrected chi connectivity index (χ0v) is 11.2. The molecular weight excluding hydrogens is 228 g/mol. The molecule has 0 aromatic carbocycles. The van der Waals surface area contributed by atoms with Crippen LogP contribution < -0.4 is 11.3 Å². The van der Waals surface area contributed by atoms with Crippen LogP contribution in [0.15, 0.2) is 16.7 Å². The van der Waals surface area contributed by atoms with Crippen molar-refractivity contribution in [2.24, 2.45) is 5.84 Å². The Morgan fingerprint density at radius 3 is 3.11 bits per heavy atom. The highest BCUT2D eigenvalue weighted by Crippen LogP contribution is 2.25. The van der Waals surface area contributed by atoms with Crippen molar-refractivity contribution in [2.45, 2.75) is 57.6 Å². The number of hydrogen-bond donors (Lipinski definition) is 2. The molecule has 18 heavy (non-hydrogen) atoms. The minimum absolute atomic E-state index is 0.195. The predicted octanol–water partition coefficient (Wildman–Crippen LogP) is 2.70. The van der Waals surface area contributed by atoms with Gasteiger partial charge in [-0.2, -0.15) is 0 Å². The summed E-state index contributed by atoms with van der Waals surface area (Å²) in [6.45, 7) is 3.03. The lowest BCUT2D eigenvalue weighted by atomic mass is 9.99. The Bertz CT molecular complexity index is 345. The van der Waals surface area contributed by atoms with Crippen LogP contribution >= 0.6 is 0 Å². The van der Waals surface area contributed by atoms with E-state index in [4.69, 9.17) is 15.0 Å². The topological polar surface area (TPSA) is 60.4 Å². The molecule has 3 N–H and O–H groups in total. The molecule has 2 heterocycles. The summed E-state index contributed by atoms with van der Waals surface area (Å²) in [6.07, 6.45) is 8.86. The van der Waals surface area contributed by atoms with Crippen molar-refractivity contribution in [3.63, 3.8) is 0 Å². The van der Waals surface area contributed by atoms with Gasteiger partial charge in [0.1, 0.15) is 5.76 Å². The quantitative estimate of drug-likeness (QED) is 0.578. The van der Waals surface area contributed by atoms with Gasteiger partial charge in [-0.15, -0.1) is 0 Å². The van der Waals surface area contributed by atoms with Crippen LogP contribution in [-0.2, 0) is 11.2 Å². The molecular formula is C14H24N2O2. The van der Waals surface area contributed by atoms with Crippen molar-refractivity contribution >= 4 is 0 Å². The Morgan fingerprint density at radius 1 is 1.56 bits per heavy atom. The van der Waals surface area contributed by atoms with E-state index in [1.807, 2.05) is 6.07 Å². The molecule has 2 rings (SSSR count). The third-order valence-electron chi connectivity index (χ3n) is 3.72. The summed E-state index contributed by atoms with van der Waals surface area (Å²) in [5.41, 5.74) is 4.10. The first-order valence-electron chi connectivity index (χ1n) is 6.99. The maximum absolute atomic E-state index is 5.66. The fourth-order valence-electron chi connectivity index (χ4n) is 2.70. The Kier molecular flexibility index (Phi) is 5.23. The lowest BCUT2D eigenvalue weighted by Crippen LogP contribution is -2.28. The highest BCUT2D eigenvalue weighted by molar-refractivity contribution is 5.21. The summed E-state index contributed by atoms with van der Waals surface area (Å²) < 4.78 is 11.1. The molecule has 1 aromatic heterocycles. The lowest BCUT2D eigenvalue weighted by Gasteiger charge is -2.17. The molecule has 1 fully saturated rings. The van der Waals surface area contributed by atoms with Crippen LogP contribution in [0, 0.1) is 0 Å². The van der Waals surface area contributed by atoms with Crippen LogP contribution in [-0.4, -0.2) is 12.7 Å². The number of rotatable bonds is 7. The third-order valence-corrected chi connectivity index (χ3v) is 3.72. The van der Waals surface area contributed by atoms with Crippen molar-refractivity contribution in [3.8, 4) is 0 Å². The van der Waals surface area contributed by atoms with E-state index in [1.165, 1.54) is 18.4 Å². The third kappa shape index (κ3) is 3.34. The highest BCUT2D eigenvalue weighted by atomic mass is 16.5. The average molecular weight is 252 g/mol. The van der Waals surface area contributed by atoms with Crippen LogP contribution in [0.1, 0.15) is 56.4 Å². The van der Waals surface area contributed by atoms with Gasteiger partial charge in [0.2, 0.25) is 0 Å². The van der Waals surface area contributed by atoms with Gasteiger partial charge in [-0.25, -0.2) is 0 Å². The summed E-state index contributed by atoms with van der Waals surface area (Å²) in [5, 5.41) is 0. The van der Waals surface area contributed by atoms with Gasteiger partial charge in [0.05, 0.1) is 12.4 Å². The van der Waals surface area contributed by atoms with Crippen molar-refractivity contribution in [1.29, 1.82) is 0 Å². The second kappa shape index (κ2) is 6.92. The molecule has 2 atom stereocenters. The molecule has 1 saturated heterocycles. The van der Waals surface area contributed by atoms with Crippen molar-refractivity contribution < 1.29 is 9.15 Å². The Morgan fingerprint density at radius 2 is 2.44 bits per heavy atom. The fraction of sp³-hybridized carbons (Fsp3) is 0.714. The van der Waals surface area contributed by atoms with Crippen molar-refractivity contribution in [1.82, 2.24) is 5.43 Å². The van der Waals surface area contributed by atoms with E-state index in [-0.39, 0.29) is 6.04 Å². The van der Waals surface area contributed by atoms with Crippen LogP contribution in [0.5, 0.6) is 0 Å². The molecule has 2 unspecified atom stereocenters. The molecule has 4 nitrogen and oxygen atoms in total. The number of furan rings is 1. The number of hydrogen-bond acceptors (Lipinski definition) is 4. The van der Waals surface area contributed by atoms with E-state index in [0.717, 1.165) is 38.1 Å². The summed E-state index contributed by atoms with van der Waals surface area (Å²) in [4.78, 5) is 0. The molecule has 1 aliphatic heterocycles. The zero-order valence-electron chi connectivity index (χ0n) is 11.2. The smallest absolute Gasteiger partial charge is 0.108 e. The largest absolute Gasteiger partial charge is 0.469 e. The average Bonchev–Trinajstić information content (AvgIpc) is 3.05. The first-order valence-corrected chi connectivity index (χ1v) is 6.99. The normalized spacial score (nSPS) is 21.3. The maximum Gasteiger partial charge on any atom is 0.108 e. The summed E-state index contributed by atoms with van der Waals surface area (Å²) in [7, 11) is 0. The van der Waals surface area contributed by atoms with Gasteiger partial charge in [0, 0.05) is 24.6 Å². The van der Waals surface area contributed by atoms with E-state index in [9.17, 15) is 0 Å². The summed E-state index contributed by atoms with van der Waals surface area (Å²) in [6, 6.07) is 2.22. The second-order valence-corrected chi connectivity index (χ2v) is 4.94. The molecule has 0 saturated carbocycles. The highest BCUT2D eigenvalue weighted by Gasteiger charge is 2.18. The molecule has 1 aliphatic rings. The lowest BCUT2D eigenvalue weighted by molar-refractivity contribution is 0.101. The molecule has 0 aliphatic carbocycles. The van der Waals surface area contributed by atoms with E-state index in [2.05, 4.69) is 12.3 Å². The van der Waals surface area contributed by atoms with Gasteiger partial charge in [-0.1, -0.05) is 6.92 Å². The van der Waals surface area contributed by atoms with Crippen molar-refractivity contribution in [2.75, 3.05) is 6.61 Å². The first kappa shape index (κ1) is 13.6. The second-order valence-electron chi connectivity index (χ2n) is 4.94. The number of hydrazine groups is 1. The van der Waals surface area contributed by atoms with Gasteiger partial charge >= 0.3 is 0 Å². The minimum atomic E-state index is 0.195. The molecule has 1 aromatic rings. The standard InChI is InChI=1S/C14H24N2O2/c1-2-14-12(8-10-18-14)13(16-15)7-3-5-11-6-4-9-17-11/h8,10-11,13,16H,2-7,9,15H2,1H3. The minimum Gasteiger partial charge on any atom is -0.469 e. The number of nitrogens with two attached hydrogens (primary N) is 1. The molecule has 0 bridgehead atoms. The fourth-order valence-corrected chi connectivity index (χ4v) is 2.70. The molecule has 0 spiro atoms. The van der Waals surface area contributed by atoms with Crippen LogP contribution in [0.2, 0.25) is 0 Å². The van der Waals surface area contributed by atoms with Gasteiger partial charge in [0.15, 0.2) is 0 Å². The molecule has 0 radical (unpaired) electrons. The number of ether oxygens (including phenoxy) is 1. The van der Waals surface area contributed by atoms with Crippen molar-refractivity contribution in [3.05, 3.63) is 23.7 Å². The van der Waals surface area contributed by atoms with Crippen LogP contribution in [0.3, 0.4) is 0 Å². The molecule has 0 amide bonds. The Hall–Kier alpha value is -0.840. The molecule has 4 heteroatoms. The monoisotopic (exact) mass is 252 g/mol. The van der Waals surface area contributed by atoms with E-state index >= 15 is 0 Å². The van der Waals surface area contributed by atoms with Crippen LogP contribution in [0.25, 0.3) is 0 Å². The number of nitrogens with one attached hydrogen (secondary N) is 1. The van der Waals surface area contributed by atoms with Gasteiger partial charge in [-0.05, 0) is 38.2 Å². The van der Waals surface area contributed by atoms with Gasteiger partial charge < -0.3 is 9.15 Å². The zero-order chi connectivity index (χ0) is 12.8. The summed E-state index contributed by atoms with van der Waals surface area (Å²) in [5.74, 6) is 6.70. The van der Waals surface area contributed by atoms with E-state index in [0.29, 0.717) is 6.10 Å². The first-order chi connectivity index (χ1) is 8.85. The predicted molar refractivity (Wildman–Crippen MR) is 71.0 cm³/mol. The van der Waals surface area contributed by atoms with Crippen LogP contribution in [0.4, 0.5) is 0 Å². The van der Waals surface area contributed by atoms with E-state index < -0.39 is 0 Å². The van der Waals surface area contributed by atoms with Gasteiger partial charge in [0.25, 0.3) is 0 Å². The maximum atomic E-state index is 5.66. The van der Waals surface area contributed by atoms with E-state index in [1.54, 1.807) is 6.26 Å². The summed E-state index contributed by atoms with van der Waals surface area (Å²) >= 11 is 0. The van der Waals surface area contributed by atoms with Gasteiger partial charge in [-0.3, -0.25) is 11.3 Å². The Balaban J connectivity index is 1.81. The SMILES string of the molecule is CCc1occc1C(CCCC1CCCO1)NN. The molecule has 102 valence electrons.